The highest BCUT2D eigenvalue weighted by Crippen LogP contribution is 2.55. The molecule has 0 aromatic heterocycles. The standard InChI is InChI=1S/C16H23BrO3/c1-10-8-15(2,3)9-16(10,18)11-6-7-12(19-4)13(17)14(11)20-5/h6-7,10,18H,8-9H2,1-5H3. The first-order valence-electron chi connectivity index (χ1n) is 6.88. The van der Waals surface area contributed by atoms with E-state index >= 15 is 0 Å². The number of benzene rings is 1. The van der Waals surface area contributed by atoms with E-state index in [0.29, 0.717) is 11.5 Å². The van der Waals surface area contributed by atoms with Gasteiger partial charge in [-0.1, -0.05) is 20.8 Å². The Morgan fingerprint density at radius 1 is 1.25 bits per heavy atom. The smallest absolute Gasteiger partial charge is 0.142 e. The van der Waals surface area contributed by atoms with Crippen LogP contribution < -0.4 is 9.47 Å². The number of halogens is 1. The van der Waals surface area contributed by atoms with Crippen LogP contribution in [0.2, 0.25) is 0 Å². The normalized spacial score (nSPS) is 28.4. The van der Waals surface area contributed by atoms with Crippen molar-refractivity contribution in [3.8, 4) is 11.5 Å². The highest BCUT2D eigenvalue weighted by Gasteiger charge is 2.50. The molecule has 0 saturated heterocycles. The summed E-state index contributed by atoms with van der Waals surface area (Å²) in [6.07, 6.45) is 1.73. The molecule has 1 aliphatic rings. The fourth-order valence-corrected chi connectivity index (χ4v) is 4.24. The largest absolute Gasteiger partial charge is 0.495 e. The molecule has 1 aromatic rings. The van der Waals surface area contributed by atoms with Gasteiger partial charge in [0.15, 0.2) is 0 Å². The maximum atomic E-state index is 11.2. The molecule has 0 radical (unpaired) electrons. The zero-order chi connectivity index (χ0) is 15.1. The van der Waals surface area contributed by atoms with Crippen LogP contribution in [0.25, 0.3) is 0 Å². The third-order valence-corrected chi connectivity index (χ3v) is 5.13. The Morgan fingerprint density at radius 2 is 1.90 bits per heavy atom. The van der Waals surface area contributed by atoms with E-state index in [1.54, 1.807) is 14.2 Å². The van der Waals surface area contributed by atoms with Crippen molar-refractivity contribution in [1.82, 2.24) is 0 Å². The predicted octanol–water partition coefficient (Wildman–Crippen LogP) is 4.11. The lowest BCUT2D eigenvalue weighted by Crippen LogP contribution is -2.29. The minimum Gasteiger partial charge on any atom is -0.495 e. The second-order valence-corrected chi connectivity index (χ2v) is 7.33. The molecule has 1 aliphatic carbocycles. The third-order valence-electron chi connectivity index (χ3n) is 4.37. The zero-order valence-electron chi connectivity index (χ0n) is 12.8. The Labute approximate surface area is 129 Å². The summed E-state index contributed by atoms with van der Waals surface area (Å²) in [6, 6.07) is 3.79. The molecule has 0 bridgehead atoms. The first-order chi connectivity index (χ1) is 9.25. The number of aliphatic hydroxyl groups is 1. The second-order valence-electron chi connectivity index (χ2n) is 6.53. The number of ether oxygens (including phenoxy) is 2. The SMILES string of the molecule is COc1ccc(C2(O)CC(C)(C)CC2C)c(OC)c1Br. The topological polar surface area (TPSA) is 38.7 Å². The van der Waals surface area contributed by atoms with Gasteiger partial charge in [0, 0.05) is 5.56 Å². The lowest BCUT2D eigenvalue weighted by molar-refractivity contribution is -0.00299. The van der Waals surface area contributed by atoms with E-state index in [9.17, 15) is 5.11 Å². The molecule has 4 heteroatoms. The molecule has 1 aromatic carbocycles. The van der Waals surface area contributed by atoms with Crippen molar-refractivity contribution in [3.05, 3.63) is 22.2 Å². The molecule has 1 saturated carbocycles. The molecular weight excluding hydrogens is 320 g/mol. The average molecular weight is 343 g/mol. The van der Waals surface area contributed by atoms with Crippen LogP contribution in [-0.2, 0) is 5.60 Å². The number of hydrogen-bond acceptors (Lipinski definition) is 3. The Hall–Kier alpha value is -0.740. The molecule has 20 heavy (non-hydrogen) atoms. The van der Waals surface area contributed by atoms with Crippen molar-refractivity contribution >= 4 is 15.9 Å². The van der Waals surface area contributed by atoms with Gasteiger partial charge in [-0.3, -0.25) is 0 Å². The quantitative estimate of drug-likeness (QED) is 0.898. The Kier molecular flexibility index (Phi) is 4.09. The summed E-state index contributed by atoms with van der Waals surface area (Å²) >= 11 is 3.51. The molecule has 2 unspecified atom stereocenters. The van der Waals surface area contributed by atoms with Gasteiger partial charge in [-0.25, -0.2) is 0 Å². The molecular formula is C16H23BrO3. The monoisotopic (exact) mass is 342 g/mol. The van der Waals surface area contributed by atoms with Gasteiger partial charge in [0.1, 0.15) is 16.0 Å². The number of methoxy groups -OCH3 is 2. The van der Waals surface area contributed by atoms with Crippen LogP contribution >= 0.6 is 15.9 Å². The van der Waals surface area contributed by atoms with E-state index in [1.165, 1.54) is 0 Å². The van der Waals surface area contributed by atoms with Crippen molar-refractivity contribution < 1.29 is 14.6 Å². The van der Waals surface area contributed by atoms with Gasteiger partial charge in [-0.2, -0.15) is 0 Å². The lowest BCUT2D eigenvalue weighted by atomic mass is 9.83. The van der Waals surface area contributed by atoms with Crippen LogP contribution in [0.1, 0.15) is 39.2 Å². The molecule has 2 rings (SSSR count). The van der Waals surface area contributed by atoms with E-state index in [2.05, 4.69) is 36.7 Å². The Bertz CT molecular complexity index is 513. The van der Waals surface area contributed by atoms with Gasteiger partial charge in [0.25, 0.3) is 0 Å². The average Bonchev–Trinajstić information content (AvgIpc) is 2.58. The molecule has 1 N–H and O–H groups in total. The number of hydrogen-bond donors (Lipinski definition) is 1. The molecule has 3 nitrogen and oxygen atoms in total. The van der Waals surface area contributed by atoms with Gasteiger partial charge in [0.2, 0.25) is 0 Å². The fraction of sp³-hybridized carbons (Fsp3) is 0.625. The van der Waals surface area contributed by atoms with E-state index in [-0.39, 0.29) is 11.3 Å². The summed E-state index contributed by atoms with van der Waals surface area (Å²) in [4.78, 5) is 0. The molecule has 0 aliphatic heterocycles. The summed E-state index contributed by atoms with van der Waals surface area (Å²) in [7, 11) is 3.24. The van der Waals surface area contributed by atoms with Crippen LogP contribution in [-0.4, -0.2) is 19.3 Å². The van der Waals surface area contributed by atoms with Crippen molar-refractivity contribution in [2.24, 2.45) is 11.3 Å². The Morgan fingerprint density at radius 3 is 2.35 bits per heavy atom. The minimum absolute atomic E-state index is 0.131. The van der Waals surface area contributed by atoms with Crippen molar-refractivity contribution in [2.45, 2.75) is 39.2 Å². The highest BCUT2D eigenvalue weighted by molar-refractivity contribution is 9.10. The van der Waals surface area contributed by atoms with Crippen LogP contribution in [0, 0.1) is 11.3 Å². The highest BCUT2D eigenvalue weighted by atomic mass is 79.9. The molecule has 0 amide bonds. The van der Waals surface area contributed by atoms with E-state index in [4.69, 9.17) is 9.47 Å². The van der Waals surface area contributed by atoms with E-state index < -0.39 is 5.60 Å². The Balaban J connectivity index is 2.55. The number of rotatable bonds is 3. The maximum Gasteiger partial charge on any atom is 0.142 e. The molecule has 2 atom stereocenters. The van der Waals surface area contributed by atoms with Crippen LogP contribution in [0.4, 0.5) is 0 Å². The summed E-state index contributed by atoms with van der Waals surface area (Å²) < 4.78 is 11.6. The van der Waals surface area contributed by atoms with E-state index in [1.807, 2.05) is 12.1 Å². The second kappa shape index (κ2) is 5.23. The maximum absolute atomic E-state index is 11.2. The van der Waals surface area contributed by atoms with Gasteiger partial charge >= 0.3 is 0 Å². The van der Waals surface area contributed by atoms with Crippen LogP contribution in [0.5, 0.6) is 11.5 Å². The van der Waals surface area contributed by atoms with Gasteiger partial charge in [-0.05, 0) is 52.2 Å². The summed E-state index contributed by atoms with van der Waals surface area (Å²) in [5.41, 5.74) is 0.112. The summed E-state index contributed by atoms with van der Waals surface area (Å²) in [6.45, 7) is 6.51. The van der Waals surface area contributed by atoms with Gasteiger partial charge in [0.05, 0.1) is 19.8 Å². The third kappa shape index (κ3) is 2.44. The van der Waals surface area contributed by atoms with Crippen molar-refractivity contribution in [2.75, 3.05) is 14.2 Å². The van der Waals surface area contributed by atoms with Crippen molar-refractivity contribution in [3.63, 3.8) is 0 Å². The predicted molar refractivity (Wildman–Crippen MR) is 83.3 cm³/mol. The summed E-state index contributed by atoms with van der Waals surface area (Å²) in [5.74, 6) is 1.56. The van der Waals surface area contributed by atoms with E-state index in [0.717, 1.165) is 22.9 Å². The summed E-state index contributed by atoms with van der Waals surface area (Å²) in [5, 5.41) is 11.2. The first kappa shape index (κ1) is 15.6. The minimum atomic E-state index is -0.858. The zero-order valence-corrected chi connectivity index (χ0v) is 14.4. The molecule has 0 spiro atoms. The van der Waals surface area contributed by atoms with Crippen molar-refractivity contribution in [1.29, 1.82) is 0 Å². The van der Waals surface area contributed by atoms with Crippen LogP contribution in [0.3, 0.4) is 0 Å². The lowest BCUT2D eigenvalue weighted by Gasteiger charge is -2.31. The van der Waals surface area contributed by atoms with Gasteiger partial charge in [-0.15, -0.1) is 0 Å². The fourth-order valence-electron chi connectivity index (χ4n) is 3.57. The first-order valence-corrected chi connectivity index (χ1v) is 7.68. The van der Waals surface area contributed by atoms with Crippen LogP contribution in [0.15, 0.2) is 16.6 Å². The molecule has 1 fully saturated rings. The molecule has 112 valence electrons. The van der Waals surface area contributed by atoms with Gasteiger partial charge < -0.3 is 14.6 Å². The molecule has 0 heterocycles.